The summed E-state index contributed by atoms with van der Waals surface area (Å²) in [5, 5.41) is 14.9. The van der Waals surface area contributed by atoms with Crippen molar-refractivity contribution < 1.29 is 33.6 Å². The molecule has 0 aliphatic carbocycles. The minimum Gasteiger partial charge on any atom is -0.463 e. The number of nitro groups is 1. The Bertz CT molecular complexity index is 1470. The zero-order chi connectivity index (χ0) is 29.4. The molecule has 2 aromatic carbocycles. The van der Waals surface area contributed by atoms with Crippen molar-refractivity contribution in [2.24, 2.45) is 0 Å². The number of para-hydroxylation sites is 1. The molecule has 1 unspecified atom stereocenters. The van der Waals surface area contributed by atoms with Gasteiger partial charge in [0.05, 0.1) is 45.3 Å². The van der Waals surface area contributed by atoms with Crippen LogP contribution in [0.15, 0.2) is 71.1 Å². The minimum absolute atomic E-state index is 0.0267. The van der Waals surface area contributed by atoms with Gasteiger partial charge in [0.15, 0.2) is 0 Å². The van der Waals surface area contributed by atoms with Crippen LogP contribution in [0.3, 0.4) is 0 Å². The predicted molar refractivity (Wildman–Crippen MR) is 143 cm³/mol. The second-order valence-corrected chi connectivity index (χ2v) is 10.1. The van der Waals surface area contributed by atoms with Gasteiger partial charge in [-0.3, -0.25) is 24.6 Å². The topological polar surface area (TPSA) is 145 Å². The monoisotopic (exact) mass is 547 g/mol. The van der Waals surface area contributed by atoms with Crippen molar-refractivity contribution in [3.8, 4) is 0 Å². The number of rotatable bonds is 8. The van der Waals surface area contributed by atoms with Gasteiger partial charge in [0.2, 0.25) is 0 Å². The van der Waals surface area contributed by atoms with E-state index in [1.54, 1.807) is 65.0 Å². The fraction of sp³-hybridized carbons (Fsp3) is 0.310. The number of fused-ring (bicyclic) bond motifs is 1. The third-order valence-electron chi connectivity index (χ3n) is 6.88. The number of allylic oxidation sites excluding steroid dienone is 2. The second-order valence-electron chi connectivity index (χ2n) is 10.1. The molecule has 2 heterocycles. The Morgan fingerprint density at radius 2 is 1.43 bits per heavy atom. The molecular weight excluding hydrogens is 518 g/mol. The summed E-state index contributed by atoms with van der Waals surface area (Å²) >= 11 is 0. The van der Waals surface area contributed by atoms with Crippen LogP contribution in [0.5, 0.6) is 0 Å². The van der Waals surface area contributed by atoms with Gasteiger partial charge in [0.1, 0.15) is 6.61 Å². The Hall–Kier alpha value is -4.80. The maximum Gasteiger partial charge on any atom is 0.336 e. The molecular formula is C29H29N3O8. The maximum atomic E-state index is 13.7. The predicted octanol–water partition coefficient (Wildman–Crippen LogP) is 4.01. The van der Waals surface area contributed by atoms with Crippen molar-refractivity contribution >= 4 is 29.4 Å². The molecule has 11 heteroatoms. The quantitative estimate of drug-likeness (QED) is 0.224. The van der Waals surface area contributed by atoms with Crippen LogP contribution in [0.4, 0.5) is 5.69 Å². The molecule has 2 amide bonds. The molecule has 2 aliphatic heterocycles. The molecule has 1 atom stereocenters. The average molecular weight is 548 g/mol. The first-order valence-corrected chi connectivity index (χ1v) is 12.6. The number of carbonyl (C=O) groups is 4. The molecule has 11 nitrogen and oxygen atoms in total. The molecule has 2 aromatic rings. The SMILES string of the molecule is CCOC(=O)C1=C(C)NC(C)=C(C(=O)OCC(C)(C)N2C(=O)c3ccccc3C2=O)C1c1ccccc1[N+](=O)[O-]. The van der Waals surface area contributed by atoms with E-state index in [4.69, 9.17) is 9.47 Å². The van der Waals surface area contributed by atoms with Crippen LogP contribution in [-0.2, 0) is 19.1 Å². The Kier molecular flexibility index (Phi) is 7.59. The van der Waals surface area contributed by atoms with Crippen LogP contribution in [0.1, 0.15) is 66.8 Å². The third-order valence-corrected chi connectivity index (χ3v) is 6.88. The maximum absolute atomic E-state index is 13.7. The summed E-state index contributed by atoms with van der Waals surface area (Å²) in [6, 6.07) is 12.3. The number of amides is 2. The Morgan fingerprint density at radius 3 is 1.95 bits per heavy atom. The Labute approximate surface area is 230 Å². The Morgan fingerprint density at radius 1 is 0.925 bits per heavy atom. The zero-order valence-corrected chi connectivity index (χ0v) is 22.8. The number of esters is 2. The van der Waals surface area contributed by atoms with Crippen molar-refractivity contribution in [3.05, 3.63) is 97.9 Å². The largest absolute Gasteiger partial charge is 0.463 e. The lowest BCUT2D eigenvalue weighted by Gasteiger charge is -2.34. The van der Waals surface area contributed by atoms with E-state index in [-0.39, 0.29) is 46.7 Å². The highest BCUT2D eigenvalue weighted by molar-refractivity contribution is 6.21. The number of nitrogens with one attached hydrogen (secondary N) is 1. The summed E-state index contributed by atoms with van der Waals surface area (Å²) in [6.07, 6.45) is 0. The normalized spacial score (nSPS) is 17.0. The number of hydrogen-bond acceptors (Lipinski definition) is 9. The Balaban J connectivity index is 1.70. The van der Waals surface area contributed by atoms with Gasteiger partial charge in [0, 0.05) is 23.0 Å². The highest BCUT2D eigenvalue weighted by Gasteiger charge is 2.46. The van der Waals surface area contributed by atoms with Crippen LogP contribution in [0.25, 0.3) is 0 Å². The van der Waals surface area contributed by atoms with Crippen molar-refractivity contribution in [3.63, 3.8) is 0 Å². The molecule has 40 heavy (non-hydrogen) atoms. The number of dihydropyridines is 1. The standard InChI is InChI=1S/C29H29N3O8/c1-6-39-27(35)22-16(2)30-17(3)23(24(22)20-13-9-10-14-21(20)32(37)38)28(36)40-15-29(4,5)31-25(33)18-11-7-8-12-19(18)26(31)34/h7-14,24,30H,6,15H2,1-5H3. The summed E-state index contributed by atoms with van der Waals surface area (Å²) in [5.74, 6) is -3.78. The lowest BCUT2D eigenvalue weighted by Crippen LogP contribution is -2.51. The van der Waals surface area contributed by atoms with E-state index in [1.165, 1.54) is 18.2 Å². The van der Waals surface area contributed by atoms with Crippen molar-refractivity contribution in [2.75, 3.05) is 13.2 Å². The van der Waals surface area contributed by atoms with E-state index in [2.05, 4.69) is 5.32 Å². The van der Waals surface area contributed by atoms with E-state index in [0.717, 1.165) is 4.90 Å². The van der Waals surface area contributed by atoms with E-state index in [9.17, 15) is 29.3 Å². The molecule has 208 valence electrons. The van der Waals surface area contributed by atoms with Gasteiger partial charge in [-0.1, -0.05) is 30.3 Å². The van der Waals surface area contributed by atoms with Crippen molar-refractivity contribution in [2.45, 2.75) is 46.1 Å². The van der Waals surface area contributed by atoms with E-state index in [1.807, 2.05) is 0 Å². The van der Waals surface area contributed by atoms with Crippen LogP contribution < -0.4 is 5.32 Å². The number of benzene rings is 2. The van der Waals surface area contributed by atoms with Crippen molar-refractivity contribution in [1.82, 2.24) is 10.2 Å². The van der Waals surface area contributed by atoms with Crippen LogP contribution in [0.2, 0.25) is 0 Å². The van der Waals surface area contributed by atoms with Crippen molar-refractivity contribution in [1.29, 1.82) is 0 Å². The molecule has 0 radical (unpaired) electrons. The number of imide groups is 1. The number of nitro benzene ring substituents is 1. The molecule has 0 bridgehead atoms. The van der Waals surface area contributed by atoms with Gasteiger partial charge >= 0.3 is 11.9 Å². The summed E-state index contributed by atoms with van der Waals surface area (Å²) in [7, 11) is 0. The number of hydrogen-bond donors (Lipinski definition) is 1. The lowest BCUT2D eigenvalue weighted by molar-refractivity contribution is -0.385. The van der Waals surface area contributed by atoms with Gasteiger partial charge in [-0.25, -0.2) is 9.59 Å². The molecule has 1 N–H and O–H groups in total. The molecule has 0 saturated heterocycles. The highest BCUT2D eigenvalue weighted by atomic mass is 16.6. The van der Waals surface area contributed by atoms with Crippen LogP contribution >= 0.6 is 0 Å². The summed E-state index contributed by atoms with van der Waals surface area (Å²) in [4.78, 5) is 65.2. The average Bonchev–Trinajstić information content (AvgIpc) is 3.17. The fourth-order valence-electron chi connectivity index (χ4n) is 5.08. The molecule has 0 fully saturated rings. The van der Waals surface area contributed by atoms with E-state index >= 15 is 0 Å². The van der Waals surface area contributed by atoms with Gasteiger partial charge < -0.3 is 14.8 Å². The molecule has 2 aliphatic rings. The number of carbonyl (C=O) groups excluding carboxylic acids is 4. The van der Waals surface area contributed by atoms with Gasteiger partial charge in [-0.05, 0) is 46.8 Å². The number of ether oxygens (including phenoxy) is 2. The summed E-state index contributed by atoms with van der Waals surface area (Å²) < 4.78 is 10.9. The summed E-state index contributed by atoms with van der Waals surface area (Å²) in [5.41, 5.74) is -0.163. The first-order valence-electron chi connectivity index (χ1n) is 12.6. The molecule has 0 spiro atoms. The highest BCUT2D eigenvalue weighted by Crippen LogP contribution is 2.42. The molecule has 4 rings (SSSR count). The smallest absolute Gasteiger partial charge is 0.336 e. The number of nitrogens with zero attached hydrogens (tertiary/aromatic N) is 2. The third kappa shape index (κ3) is 4.86. The van der Waals surface area contributed by atoms with Gasteiger partial charge in [0.25, 0.3) is 17.5 Å². The van der Waals surface area contributed by atoms with Crippen LogP contribution in [-0.4, -0.2) is 52.3 Å². The zero-order valence-electron chi connectivity index (χ0n) is 22.8. The molecule has 0 saturated carbocycles. The lowest BCUT2D eigenvalue weighted by atomic mass is 9.79. The first-order chi connectivity index (χ1) is 18.9. The van der Waals surface area contributed by atoms with Crippen LogP contribution in [0, 0.1) is 10.1 Å². The van der Waals surface area contributed by atoms with Gasteiger partial charge in [-0.15, -0.1) is 0 Å². The summed E-state index contributed by atoms with van der Waals surface area (Å²) in [6.45, 7) is 7.71. The molecule has 0 aromatic heterocycles. The van der Waals surface area contributed by atoms with E-state index in [0.29, 0.717) is 11.4 Å². The first kappa shape index (κ1) is 28.2. The van der Waals surface area contributed by atoms with Gasteiger partial charge in [-0.2, -0.15) is 0 Å². The fourth-order valence-corrected chi connectivity index (χ4v) is 5.08. The second kappa shape index (κ2) is 10.8. The minimum atomic E-state index is -1.23. The van der Waals surface area contributed by atoms with E-state index < -0.39 is 40.1 Å².